The molecule has 0 rings (SSSR count). The quantitative estimate of drug-likeness (QED) is 0.662. The molecule has 0 saturated carbocycles. The summed E-state index contributed by atoms with van der Waals surface area (Å²) in [5, 5.41) is 0. The molecular formula is C18H32O2. The number of hydrogen-bond acceptors (Lipinski definition) is 2. The van der Waals surface area contributed by atoms with E-state index in [1.165, 1.54) is 0 Å². The summed E-state index contributed by atoms with van der Waals surface area (Å²) in [7, 11) is 0. The van der Waals surface area contributed by atoms with Gasteiger partial charge in [0, 0.05) is 17.3 Å². The summed E-state index contributed by atoms with van der Waals surface area (Å²) in [5.74, 6) is 0.519. The van der Waals surface area contributed by atoms with Crippen LogP contribution in [0.3, 0.4) is 0 Å². The minimum atomic E-state index is -0.594. The number of hydrogen-bond donors (Lipinski definition) is 0. The molecule has 0 radical (unpaired) electrons. The van der Waals surface area contributed by atoms with Gasteiger partial charge in [-0.15, -0.1) is 0 Å². The van der Waals surface area contributed by atoms with Gasteiger partial charge in [0.25, 0.3) is 0 Å². The fourth-order valence-electron chi connectivity index (χ4n) is 2.13. The molecule has 2 heteroatoms. The van der Waals surface area contributed by atoms with Crippen LogP contribution >= 0.6 is 0 Å². The number of allylic oxidation sites excluding steroid dienone is 2. The average Bonchev–Trinajstić information content (AvgIpc) is 2.31. The van der Waals surface area contributed by atoms with Gasteiger partial charge in [0.1, 0.15) is 5.78 Å². The average molecular weight is 280 g/mol. The maximum absolute atomic E-state index is 12.7. The van der Waals surface area contributed by atoms with Crippen LogP contribution in [0.5, 0.6) is 0 Å². The highest BCUT2D eigenvalue weighted by molar-refractivity contribution is 5.94. The van der Waals surface area contributed by atoms with E-state index >= 15 is 0 Å². The molecule has 0 spiro atoms. The molecule has 0 aromatic heterocycles. The van der Waals surface area contributed by atoms with Crippen LogP contribution in [0.25, 0.3) is 0 Å². The van der Waals surface area contributed by atoms with Crippen molar-refractivity contribution in [2.24, 2.45) is 28.6 Å². The smallest absolute Gasteiger partial charge is 0.157 e. The van der Waals surface area contributed by atoms with Crippen molar-refractivity contribution in [3.05, 3.63) is 12.2 Å². The maximum Gasteiger partial charge on any atom is 0.157 e. The molecular weight excluding hydrogens is 248 g/mol. The summed E-state index contributed by atoms with van der Waals surface area (Å²) in [4.78, 5) is 24.3. The van der Waals surface area contributed by atoms with Gasteiger partial charge in [-0.2, -0.15) is 0 Å². The highest BCUT2D eigenvalue weighted by Crippen LogP contribution is 2.36. The van der Waals surface area contributed by atoms with E-state index in [0.717, 1.165) is 0 Å². The van der Waals surface area contributed by atoms with E-state index in [1.807, 2.05) is 34.6 Å². The lowest BCUT2D eigenvalue weighted by atomic mass is 9.69. The molecule has 0 aromatic carbocycles. The first kappa shape index (κ1) is 19.1. The zero-order valence-electron chi connectivity index (χ0n) is 14.7. The molecule has 0 heterocycles. The van der Waals surface area contributed by atoms with Crippen molar-refractivity contribution in [1.29, 1.82) is 0 Å². The SMILES string of the molecule is CC(C)C(=O)/C=C/C(C)(C)C(=O)C(C)C(C)C(C)(C)C. The minimum absolute atomic E-state index is 0.0243. The van der Waals surface area contributed by atoms with Crippen molar-refractivity contribution in [2.75, 3.05) is 0 Å². The Kier molecular flexibility index (Phi) is 6.38. The van der Waals surface area contributed by atoms with Crippen LogP contribution in [-0.4, -0.2) is 11.6 Å². The first-order valence-corrected chi connectivity index (χ1v) is 7.58. The zero-order valence-corrected chi connectivity index (χ0v) is 14.7. The van der Waals surface area contributed by atoms with Gasteiger partial charge >= 0.3 is 0 Å². The normalized spacial score (nSPS) is 16.5. The third-order valence-corrected chi connectivity index (χ3v) is 4.40. The molecule has 2 nitrogen and oxygen atoms in total. The van der Waals surface area contributed by atoms with Crippen molar-refractivity contribution >= 4 is 11.6 Å². The molecule has 2 unspecified atom stereocenters. The molecule has 0 saturated heterocycles. The largest absolute Gasteiger partial charge is 0.298 e. The maximum atomic E-state index is 12.7. The summed E-state index contributed by atoms with van der Waals surface area (Å²) >= 11 is 0. The van der Waals surface area contributed by atoms with Gasteiger partial charge < -0.3 is 0 Å². The molecule has 0 amide bonds. The van der Waals surface area contributed by atoms with E-state index in [2.05, 4.69) is 27.7 Å². The van der Waals surface area contributed by atoms with Crippen LogP contribution in [-0.2, 0) is 9.59 Å². The molecule has 0 bridgehead atoms. The Bertz CT molecular complexity index is 381. The third-order valence-electron chi connectivity index (χ3n) is 4.40. The van der Waals surface area contributed by atoms with Crippen molar-refractivity contribution < 1.29 is 9.59 Å². The molecule has 0 aliphatic carbocycles. The molecule has 0 N–H and O–H groups in total. The molecule has 0 aliphatic rings. The standard InChI is InChI=1S/C18H32O2/c1-12(2)15(19)10-11-18(8,9)16(20)13(3)14(4)17(5,6)7/h10-14H,1-9H3/b11-10+. The number of rotatable bonds is 6. The van der Waals surface area contributed by atoms with Crippen LogP contribution in [0.15, 0.2) is 12.2 Å². The summed E-state index contributed by atoms with van der Waals surface area (Å²) in [6.45, 7) is 18.1. The summed E-state index contributed by atoms with van der Waals surface area (Å²) in [5.41, 5.74) is -0.494. The van der Waals surface area contributed by atoms with Gasteiger partial charge in [0.2, 0.25) is 0 Å². The van der Waals surface area contributed by atoms with Gasteiger partial charge in [-0.05, 0) is 31.3 Å². The highest BCUT2D eigenvalue weighted by atomic mass is 16.1. The first-order chi connectivity index (χ1) is 8.80. The van der Waals surface area contributed by atoms with Gasteiger partial charge in [0.05, 0.1) is 0 Å². The van der Waals surface area contributed by atoms with Crippen LogP contribution in [0, 0.1) is 28.6 Å². The third kappa shape index (κ3) is 5.22. The second kappa shape index (κ2) is 6.69. The molecule has 20 heavy (non-hydrogen) atoms. The van der Waals surface area contributed by atoms with Crippen LogP contribution in [0.2, 0.25) is 0 Å². The van der Waals surface area contributed by atoms with Crippen LogP contribution in [0.1, 0.15) is 62.3 Å². The fourth-order valence-corrected chi connectivity index (χ4v) is 2.13. The van der Waals surface area contributed by atoms with Gasteiger partial charge in [0.15, 0.2) is 5.78 Å². The summed E-state index contributed by atoms with van der Waals surface area (Å²) < 4.78 is 0. The number of ketones is 2. The van der Waals surface area contributed by atoms with Crippen molar-refractivity contribution in [1.82, 2.24) is 0 Å². The van der Waals surface area contributed by atoms with Gasteiger partial charge in [-0.3, -0.25) is 9.59 Å². The van der Waals surface area contributed by atoms with Gasteiger partial charge in [-0.25, -0.2) is 0 Å². The second-order valence-electron chi connectivity index (χ2n) is 7.92. The number of carbonyl (C=O) groups is 2. The predicted molar refractivity (Wildman–Crippen MR) is 85.6 cm³/mol. The predicted octanol–water partition coefficient (Wildman–Crippen LogP) is 4.68. The Hall–Kier alpha value is -0.920. The van der Waals surface area contributed by atoms with Gasteiger partial charge in [-0.1, -0.05) is 54.5 Å². The van der Waals surface area contributed by atoms with E-state index in [1.54, 1.807) is 12.2 Å². The zero-order chi connectivity index (χ0) is 16.3. The minimum Gasteiger partial charge on any atom is -0.298 e. The Balaban J connectivity index is 5.04. The topological polar surface area (TPSA) is 34.1 Å². The first-order valence-electron chi connectivity index (χ1n) is 7.58. The summed E-state index contributed by atoms with van der Waals surface area (Å²) in [6, 6.07) is 0. The summed E-state index contributed by atoms with van der Waals surface area (Å²) in [6.07, 6.45) is 3.33. The lowest BCUT2D eigenvalue weighted by Gasteiger charge is -2.35. The fraction of sp³-hybridized carbons (Fsp3) is 0.778. The van der Waals surface area contributed by atoms with E-state index < -0.39 is 5.41 Å². The Morgan fingerprint density at radius 3 is 1.70 bits per heavy atom. The lowest BCUT2D eigenvalue weighted by molar-refractivity contribution is -0.131. The number of carbonyl (C=O) groups excluding carboxylic acids is 2. The Morgan fingerprint density at radius 1 is 0.900 bits per heavy atom. The van der Waals surface area contributed by atoms with E-state index in [4.69, 9.17) is 0 Å². The van der Waals surface area contributed by atoms with E-state index in [9.17, 15) is 9.59 Å². The van der Waals surface area contributed by atoms with Crippen molar-refractivity contribution in [3.63, 3.8) is 0 Å². The van der Waals surface area contributed by atoms with E-state index in [0.29, 0.717) is 5.92 Å². The Morgan fingerprint density at radius 2 is 1.35 bits per heavy atom. The lowest BCUT2D eigenvalue weighted by Crippen LogP contribution is -2.36. The molecule has 0 aliphatic heterocycles. The molecule has 2 atom stereocenters. The second-order valence-corrected chi connectivity index (χ2v) is 7.92. The molecule has 116 valence electrons. The Labute approximate surface area is 125 Å². The highest BCUT2D eigenvalue weighted by Gasteiger charge is 2.36. The molecule has 0 aromatic rings. The van der Waals surface area contributed by atoms with E-state index in [-0.39, 0.29) is 28.8 Å². The number of Topliss-reactive ketones (excluding diaryl/α,β-unsaturated/α-hetero) is 1. The van der Waals surface area contributed by atoms with Crippen LogP contribution < -0.4 is 0 Å². The van der Waals surface area contributed by atoms with Crippen LogP contribution in [0.4, 0.5) is 0 Å². The van der Waals surface area contributed by atoms with Crippen molar-refractivity contribution in [3.8, 4) is 0 Å². The monoisotopic (exact) mass is 280 g/mol. The van der Waals surface area contributed by atoms with Crippen molar-refractivity contribution in [2.45, 2.75) is 62.3 Å². The molecule has 0 fully saturated rings.